The number of benzene rings is 2. The Morgan fingerprint density at radius 3 is 1.67 bits per heavy atom. The Bertz CT molecular complexity index is 3800. The van der Waals surface area contributed by atoms with E-state index in [0.29, 0.717) is 48.6 Å². The molecule has 0 unspecified atom stereocenters. The zero-order valence-corrected chi connectivity index (χ0v) is 38.8. The van der Waals surface area contributed by atoms with Crippen LogP contribution in [0.4, 0.5) is 31.8 Å². The molecule has 6 heterocycles. The predicted molar refractivity (Wildman–Crippen MR) is 253 cm³/mol. The molecule has 0 aliphatic heterocycles. The second kappa shape index (κ2) is 20.5. The maximum absolute atomic E-state index is 14.4. The molecule has 2 aliphatic rings. The number of ether oxygens (including phenoxy) is 1. The first-order valence-electron chi connectivity index (χ1n) is 22.0. The van der Waals surface area contributed by atoms with Crippen molar-refractivity contribution < 1.29 is 43.5 Å². The van der Waals surface area contributed by atoms with Gasteiger partial charge in [-0.25, -0.2) is 37.5 Å². The highest BCUT2D eigenvalue weighted by molar-refractivity contribution is 6.31. The number of anilines is 4. The number of esters is 1. The van der Waals surface area contributed by atoms with Crippen LogP contribution in [0.1, 0.15) is 56.3 Å². The lowest BCUT2D eigenvalue weighted by Crippen LogP contribution is -2.20. The third kappa shape index (κ3) is 11.1. The largest absolute Gasteiger partial charge is 0.493 e. The van der Waals surface area contributed by atoms with Gasteiger partial charge in [-0.1, -0.05) is 23.2 Å². The number of aliphatic hydroxyl groups is 1. The number of hydrogen-bond acceptors (Lipinski definition) is 16. The molecule has 2 saturated carbocycles. The number of carbonyl (C=O) groups excluding carboxylic acids is 1. The fourth-order valence-corrected chi connectivity index (χ4v) is 7.35. The standard InChI is InChI=1S/C25H23ClFN7O6.C20H17ClFN7O3/c26-14-4-7-16(27)17(9-14)30-19-10-20(29-15-5-6-15)34-23(32-19)13(11-28-34)8-18-24(38)33(25(39)31-18)12-40-22(37)3-1-2-21(35)36;21-11-1-4-13(22)14(6-11)25-16-7-17(24-12-2-3-12)29-18(27-16)10(8-23-29)5-15-19(31)28(9-30)20(32)26-15/h4,7-11,15,30,38H,1-3,5-6,12H2,(H,31,39)(H,35,36);1,4-8,12,25,30-31H,2-3,9H2,(H,26,32). The normalized spacial score (nSPS) is 14.6. The predicted octanol–water partition coefficient (Wildman–Crippen LogP) is 2.85. The molecule has 27 heteroatoms. The first-order valence-corrected chi connectivity index (χ1v) is 22.7. The third-order valence-corrected chi connectivity index (χ3v) is 11.4. The van der Waals surface area contributed by atoms with Crippen molar-refractivity contribution in [2.75, 3.05) is 10.6 Å². The summed E-state index contributed by atoms with van der Waals surface area (Å²) in [6.45, 7) is -1.25. The second-order valence-corrected chi connectivity index (χ2v) is 17.3. The van der Waals surface area contributed by atoms with Gasteiger partial charge in [0, 0.05) is 45.5 Å². The number of rotatable bonds is 15. The van der Waals surface area contributed by atoms with Crippen LogP contribution in [0, 0.1) is 11.6 Å². The van der Waals surface area contributed by atoms with Gasteiger partial charge < -0.3 is 45.8 Å². The number of aromatic hydroxyl groups is 2. The number of aliphatic hydroxyl groups excluding tert-OH is 1. The van der Waals surface area contributed by atoms with E-state index in [-0.39, 0.29) is 59.9 Å². The summed E-state index contributed by atoms with van der Waals surface area (Å²) < 4.78 is 38.2. The minimum Gasteiger partial charge on any atom is -0.493 e. The van der Waals surface area contributed by atoms with Gasteiger partial charge in [0.2, 0.25) is 11.8 Å². The number of nitrogens with one attached hydrogen (secondary N) is 4. The Morgan fingerprint density at radius 1 is 0.750 bits per heavy atom. The van der Waals surface area contributed by atoms with Crippen molar-refractivity contribution >= 4 is 81.6 Å². The molecule has 0 atom stereocenters. The van der Waals surface area contributed by atoms with Crippen LogP contribution >= 0.6 is 23.2 Å². The van der Waals surface area contributed by atoms with Crippen molar-refractivity contribution in [3.05, 3.63) is 136 Å². The minimum atomic E-state index is -1.04. The molecule has 23 nitrogen and oxygen atoms in total. The van der Waals surface area contributed by atoms with Crippen LogP contribution < -0.4 is 43.4 Å². The van der Waals surface area contributed by atoms with E-state index in [1.807, 2.05) is 0 Å². The molecule has 372 valence electrons. The minimum absolute atomic E-state index is 0.00329. The number of halogens is 4. The van der Waals surface area contributed by atoms with Crippen LogP contribution in [0.5, 0.6) is 11.8 Å². The van der Waals surface area contributed by atoms with E-state index in [1.165, 1.54) is 70.0 Å². The van der Waals surface area contributed by atoms with Crippen molar-refractivity contribution in [2.45, 2.75) is 70.5 Å². The van der Waals surface area contributed by atoms with Crippen LogP contribution in [0.3, 0.4) is 0 Å². The summed E-state index contributed by atoms with van der Waals surface area (Å²) in [6.07, 6.45) is 9.43. The quantitative estimate of drug-likeness (QED) is 0.0685. The number of nitrogens with zero attached hydrogens (tertiary/aromatic N) is 10. The van der Waals surface area contributed by atoms with Gasteiger partial charge in [-0.05, 0) is 80.7 Å². The SMILES string of the molecule is O=C(O)CCCC(=O)OCn1c(O)c(C=c2cnn3c(=NC4CC4)cc(Nc4cc(Cl)ccc4F)nc23)[nH]c1=O.O=c1[nH]c(C=c2cnn3c(=NC4CC4)cc(Nc4cc(Cl)ccc4F)nc23)c(O)n1CO. The zero-order chi connectivity index (χ0) is 50.8. The molecule has 2 aromatic carbocycles. The highest BCUT2D eigenvalue weighted by atomic mass is 35.5. The Hall–Kier alpha value is -8.42. The van der Waals surface area contributed by atoms with Gasteiger partial charge in [-0.2, -0.15) is 19.2 Å². The van der Waals surface area contributed by atoms with Gasteiger partial charge >= 0.3 is 23.3 Å². The van der Waals surface area contributed by atoms with Crippen LogP contribution in [-0.4, -0.2) is 92.7 Å². The molecular formula is C45H40Cl2F2N14O9. The maximum atomic E-state index is 14.4. The van der Waals surface area contributed by atoms with Gasteiger partial charge in [-0.3, -0.25) is 19.6 Å². The van der Waals surface area contributed by atoms with Crippen molar-refractivity contribution in [1.29, 1.82) is 0 Å². The van der Waals surface area contributed by atoms with E-state index in [2.05, 4.69) is 50.8 Å². The van der Waals surface area contributed by atoms with E-state index in [0.717, 1.165) is 34.8 Å². The van der Waals surface area contributed by atoms with E-state index < -0.39 is 60.2 Å². The number of aromatic amines is 2. The topological polar surface area (TPSA) is 309 Å². The van der Waals surface area contributed by atoms with Gasteiger partial charge in [0.15, 0.2) is 29.0 Å². The average molecular weight is 1030 g/mol. The summed E-state index contributed by atoms with van der Waals surface area (Å²) in [5.74, 6) is -3.11. The Balaban J connectivity index is 0.000000182. The van der Waals surface area contributed by atoms with Crippen molar-refractivity contribution in [3.8, 4) is 11.8 Å². The molecule has 2 fully saturated rings. The fourth-order valence-electron chi connectivity index (χ4n) is 7.00. The fraction of sp³-hybridized carbons (Fsp3) is 0.244. The Morgan fingerprint density at radius 2 is 1.22 bits per heavy atom. The van der Waals surface area contributed by atoms with E-state index in [4.69, 9.17) is 33.0 Å². The zero-order valence-electron chi connectivity index (χ0n) is 37.3. The molecule has 0 bridgehead atoms. The number of imidazole rings is 2. The van der Waals surface area contributed by atoms with Crippen molar-refractivity contribution in [2.24, 2.45) is 9.98 Å². The third-order valence-electron chi connectivity index (χ3n) is 10.9. The van der Waals surface area contributed by atoms with Crippen LogP contribution in [-0.2, 0) is 27.8 Å². The summed E-state index contributed by atoms with van der Waals surface area (Å²) in [5.41, 5.74) is 0.624. The molecule has 2 aliphatic carbocycles. The number of carbonyl (C=O) groups is 2. The van der Waals surface area contributed by atoms with Gasteiger partial charge in [0.1, 0.15) is 41.4 Å². The van der Waals surface area contributed by atoms with E-state index in [9.17, 15) is 43.3 Å². The molecule has 72 heavy (non-hydrogen) atoms. The average Bonchev–Trinajstić information content (AvgIpc) is 4.22. The van der Waals surface area contributed by atoms with Gasteiger partial charge in [-0.15, -0.1) is 0 Å². The first-order chi connectivity index (χ1) is 34.6. The molecule has 0 amide bonds. The number of carboxylic acid groups (broad SMARTS) is 1. The number of carboxylic acids is 1. The summed E-state index contributed by atoms with van der Waals surface area (Å²) in [6, 6.07) is 11.8. The molecule has 8 N–H and O–H groups in total. The van der Waals surface area contributed by atoms with Crippen LogP contribution in [0.15, 0.2) is 80.5 Å². The summed E-state index contributed by atoms with van der Waals surface area (Å²) in [5, 5.41) is 54.8. The molecule has 6 aromatic heterocycles. The number of aromatic nitrogens is 10. The second-order valence-electron chi connectivity index (χ2n) is 16.4. The maximum Gasteiger partial charge on any atom is 0.331 e. The lowest BCUT2D eigenvalue weighted by molar-refractivity contribution is -0.148. The highest BCUT2D eigenvalue weighted by Crippen LogP contribution is 2.26. The molecule has 10 rings (SSSR count). The molecule has 0 saturated heterocycles. The van der Waals surface area contributed by atoms with Gasteiger partial charge in [0.05, 0.1) is 35.9 Å². The smallest absolute Gasteiger partial charge is 0.331 e. The number of hydrogen-bond donors (Lipinski definition) is 8. The monoisotopic (exact) mass is 1030 g/mol. The van der Waals surface area contributed by atoms with E-state index >= 15 is 0 Å². The van der Waals surface area contributed by atoms with Crippen LogP contribution in [0.2, 0.25) is 10.0 Å². The van der Waals surface area contributed by atoms with Gasteiger partial charge in [0.25, 0.3) is 0 Å². The molecule has 8 aromatic rings. The molecule has 0 radical (unpaired) electrons. The Labute approximate surface area is 411 Å². The molecule has 0 spiro atoms. The van der Waals surface area contributed by atoms with Crippen molar-refractivity contribution in [1.82, 2.24) is 48.3 Å². The summed E-state index contributed by atoms with van der Waals surface area (Å²) >= 11 is 12.0. The highest BCUT2D eigenvalue weighted by Gasteiger charge is 2.22. The molecular weight excluding hydrogens is 989 g/mol. The Kier molecular flexibility index (Phi) is 13.8. The lowest BCUT2D eigenvalue weighted by atomic mass is 10.2. The summed E-state index contributed by atoms with van der Waals surface area (Å²) in [7, 11) is 0. The number of aliphatic carboxylic acids is 1. The number of H-pyrrole nitrogens is 2. The first kappa shape index (κ1) is 48.6. The lowest BCUT2D eigenvalue weighted by Gasteiger charge is -2.08. The summed E-state index contributed by atoms with van der Waals surface area (Å²) in [4.78, 5) is 70.0. The van der Waals surface area contributed by atoms with E-state index in [1.54, 1.807) is 12.1 Å². The van der Waals surface area contributed by atoms with Crippen LogP contribution in [0.25, 0.3) is 23.4 Å². The van der Waals surface area contributed by atoms with Crippen molar-refractivity contribution in [3.63, 3.8) is 0 Å². The number of fused-ring (bicyclic) bond motifs is 2.